The molecule has 0 aromatic heterocycles. The molecule has 0 aliphatic rings. The van der Waals surface area contributed by atoms with Gasteiger partial charge in [0.25, 0.3) is 0 Å². The molecule has 0 aliphatic heterocycles. The van der Waals surface area contributed by atoms with Gasteiger partial charge in [0.1, 0.15) is 0 Å². The second kappa shape index (κ2) is 9.27. The molecule has 0 unspecified atom stereocenters. The van der Waals surface area contributed by atoms with Gasteiger partial charge in [-0.15, -0.1) is 0 Å². The van der Waals surface area contributed by atoms with Gasteiger partial charge in [-0.25, -0.2) is 8.42 Å². The smallest absolute Gasteiger partial charge is 0.153 e. The summed E-state index contributed by atoms with van der Waals surface area (Å²) < 4.78 is 22.9. The van der Waals surface area contributed by atoms with Gasteiger partial charge >= 0.3 is 0 Å². The van der Waals surface area contributed by atoms with Gasteiger partial charge < -0.3 is 10.4 Å². The molecule has 4 nitrogen and oxygen atoms in total. The van der Waals surface area contributed by atoms with Crippen molar-refractivity contribution in [1.29, 1.82) is 0 Å². The van der Waals surface area contributed by atoms with Crippen LogP contribution in [0.3, 0.4) is 0 Å². The van der Waals surface area contributed by atoms with Crippen LogP contribution in [0.1, 0.15) is 20.3 Å². The molecule has 0 spiro atoms. The van der Waals surface area contributed by atoms with E-state index in [0.717, 1.165) is 24.5 Å². The van der Waals surface area contributed by atoms with E-state index in [1.54, 1.807) is 25.6 Å². The van der Waals surface area contributed by atoms with Crippen LogP contribution in [-0.4, -0.2) is 55.7 Å². The highest BCUT2D eigenvalue weighted by Gasteiger charge is 2.14. The number of aliphatic hydroxyl groups excluding tert-OH is 1. The molecule has 0 amide bonds. The highest BCUT2D eigenvalue weighted by Crippen LogP contribution is 2.01. The first-order valence-electron chi connectivity index (χ1n) is 5.61. The third-order valence-electron chi connectivity index (χ3n) is 2.15. The molecule has 0 heterocycles. The average Bonchev–Trinajstić information content (AvgIpc) is 2.21. The molecule has 98 valence electrons. The molecule has 16 heavy (non-hydrogen) atoms. The average molecular weight is 269 g/mol. The predicted molar refractivity (Wildman–Crippen MR) is 70.8 cm³/mol. The van der Waals surface area contributed by atoms with Gasteiger partial charge in [0.2, 0.25) is 0 Å². The summed E-state index contributed by atoms with van der Waals surface area (Å²) in [6.07, 6.45) is 0.826. The Morgan fingerprint density at radius 2 is 1.94 bits per heavy atom. The molecule has 0 atom stereocenters. The van der Waals surface area contributed by atoms with E-state index in [0.29, 0.717) is 6.54 Å². The third-order valence-corrected chi connectivity index (χ3v) is 5.43. The lowest BCUT2D eigenvalue weighted by molar-refractivity contribution is 0.296. The topological polar surface area (TPSA) is 66.4 Å². The summed E-state index contributed by atoms with van der Waals surface area (Å²) in [6, 6.07) is 0. The van der Waals surface area contributed by atoms with Crippen molar-refractivity contribution >= 4 is 21.6 Å². The van der Waals surface area contributed by atoms with Crippen LogP contribution < -0.4 is 5.32 Å². The lowest BCUT2D eigenvalue weighted by Crippen LogP contribution is -2.28. The fraction of sp³-hybridized carbons (Fsp3) is 1.00. The van der Waals surface area contributed by atoms with Crippen molar-refractivity contribution in [2.24, 2.45) is 0 Å². The zero-order chi connectivity index (χ0) is 12.4. The highest BCUT2D eigenvalue weighted by atomic mass is 32.2. The first-order chi connectivity index (χ1) is 7.50. The van der Waals surface area contributed by atoms with E-state index in [2.05, 4.69) is 5.32 Å². The van der Waals surface area contributed by atoms with Crippen LogP contribution in [0.5, 0.6) is 0 Å². The molecule has 0 fully saturated rings. The third kappa shape index (κ3) is 8.38. The zero-order valence-corrected chi connectivity index (χ0v) is 11.7. The molecule has 6 heteroatoms. The Bertz CT molecular complexity index is 253. The Hall–Kier alpha value is 0.220. The van der Waals surface area contributed by atoms with E-state index in [-0.39, 0.29) is 17.6 Å². The summed E-state index contributed by atoms with van der Waals surface area (Å²) in [5.41, 5.74) is 0. The highest BCUT2D eigenvalue weighted by molar-refractivity contribution is 7.99. The van der Waals surface area contributed by atoms with Gasteiger partial charge in [-0.1, -0.05) is 0 Å². The zero-order valence-electron chi connectivity index (χ0n) is 10.1. The van der Waals surface area contributed by atoms with Gasteiger partial charge in [-0.3, -0.25) is 0 Å². The molecule has 0 saturated carbocycles. The lowest BCUT2D eigenvalue weighted by Gasteiger charge is -2.08. The van der Waals surface area contributed by atoms with Crippen molar-refractivity contribution in [2.45, 2.75) is 25.5 Å². The maximum absolute atomic E-state index is 11.4. The van der Waals surface area contributed by atoms with Gasteiger partial charge in [0.05, 0.1) is 11.0 Å². The maximum atomic E-state index is 11.4. The van der Waals surface area contributed by atoms with Crippen molar-refractivity contribution in [2.75, 3.05) is 37.0 Å². The molecule has 0 aromatic carbocycles. The van der Waals surface area contributed by atoms with Gasteiger partial charge in [-0.05, 0) is 26.0 Å². The van der Waals surface area contributed by atoms with E-state index in [1.165, 1.54) is 0 Å². The first kappa shape index (κ1) is 16.2. The Balaban J connectivity index is 3.34. The molecule has 0 rings (SSSR count). The van der Waals surface area contributed by atoms with Crippen molar-refractivity contribution in [3.05, 3.63) is 0 Å². The molecular formula is C10H23NO3S2. The van der Waals surface area contributed by atoms with E-state index in [1.807, 2.05) is 0 Å². The summed E-state index contributed by atoms with van der Waals surface area (Å²) in [4.78, 5) is 0. The minimum absolute atomic E-state index is 0.214. The molecule has 0 aliphatic carbocycles. The Kier molecular flexibility index (Phi) is 9.40. The predicted octanol–water partition coefficient (Wildman–Crippen LogP) is 0.515. The fourth-order valence-electron chi connectivity index (χ4n) is 0.988. The maximum Gasteiger partial charge on any atom is 0.153 e. The van der Waals surface area contributed by atoms with Crippen molar-refractivity contribution < 1.29 is 13.5 Å². The number of nitrogens with one attached hydrogen (secondary N) is 1. The van der Waals surface area contributed by atoms with Crippen LogP contribution in [0.25, 0.3) is 0 Å². The van der Waals surface area contributed by atoms with Crippen molar-refractivity contribution in [1.82, 2.24) is 5.32 Å². The van der Waals surface area contributed by atoms with E-state index >= 15 is 0 Å². The Morgan fingerprint density at radius 3 is 2.50 bits per heavy atom. The van der Waals surface area contributed by atoms with E-state index in [4.69, 9.17) is 5.11 Å². The number of rotatable bonds is 10. The SMILES string of the molecule is CC(C)S(=O)(=O)CCNCCSCCCO. The summed E-state index contributed by atoms with van der Waals surface area (Å²) >= 11 is 1.77. The van der Waals surface area contributed by atoms with Crippen LogP contribution in [0, 0.1) is 0 Å². The Labute approximate surface area is 103 Å². The summed E-state index contributed by atoms with van der Waals surface area (Å²) in [5, 5.41) is 11.4. The minimum atomic E-state index is -2.90. The summed E-state index contributed by atoms with van der Waals surface area (Å²) in [7, 11) is -2.90. The van der Waals surface area contributed by atoms with Crippen molar-refractivity contribution in [3.63, 3.8) is 0 Å². The first-order valence-corrected chi connectivity index (χ1v) is 8.48. The van der Waals surface area contributed by atoms with Crippen LogP contribution in [0.15, 0.2) is 0 Å². The number of hydrogen-bond acceptors (Lipinski definition) is 5. The standard InChI is InChI=1S/C10H23NO3S2/c1-10(2)16(13,14)9-5-11-4-8-15-7-3-6-12/h10-12H,3-9H2,1-2H3. The van der Waals surface area contributed by atoms with Crippen LogP contribution in [0.4, 0.5) is 0 Å². The van der Waals surface area contributed by atoms with Gasteiger partial charge in [-0.2, -0.15) is 11.8 Å². The summed E-state index contributed by atoms with van der Waals surface area (Å²) in [6.45, 7) is 5.01. The molecular weight excluding hydrogens is 246 g/mol. The molecule has 0 saturated heterocycles. The Morgan fingerprint density at radius 1 is 1.25 bits per heavy atom. The van der Waals surface area contributed by atoms with Gasteiger partial charge in [0, 0.05) is 25.4 Å². The second-order valence-corrected chi connectivity index (χ2v) is 7.76. The molecule has 0 radical (unpaired) electrons. The fourth-order valence-corrected chi connectivity index (χ4v) is 2.71. The van der Waals surface area contributed by atoms with Gasteiger partial charge in [0.15, 0.2) is 9.84 Å². The minimum Gasteiger partial charge on any atom is -0.396 e. The van der Waals surface area contributed by atoms with Crippen LogP contribution in [-0.2, 0) is 9.84 Å². The van der Waals surface area contributed by atoms with E-state index < -0.39 is 9.84 Å². The number of aliphatic hydroxyl groups is 1. The molecule has 0 aromatic rings. The number of thioether (sulfide) groups is 1. The second-order valence-electron chi connectivity index (χ2n) is 3.86. The molecule has 2 N–H and O–H groups in total. The van der Waals surface area contributed by atoms with Crippen LogP contribution >= 0.6 is 11.8 Å². The normalized spacial score (nSPS) is 12.2. The summed E-state index contributed by atoms with van der Waals surface area (Å²) in [5.74, 6) is 2.14. The number of hydrogen-bond donors (Lipinski definition) is 2. The largest absolute Gasteiger partial charge is 0.396 e. The lowest BCUT2D eigenvalue weighted by atomic mass is 10.5. The van der Waals surface area contributed by atoms with E-state index in [9.17, 15) is 8.42 Å². The van der Waals surface area contributed by atoms with Crippen molar-refractivity contribution in [3.8, 4) is 0 Å². The number of sulfone groups is 1. The quantitative estimate of drug-likeness (QED) is 0.566. The molecule has 0 bridgehead atoms. The monoisotopic (exact) mass is 269 g/mol. The van der Waals surface area contributed by atoms with Crippen LogP contribution in [0.2, 0.25) is 0 Å².